The normalized spacial score (nSPS) is 27.3. The van der Waals surface area contributed by atoms with Gasteiger partial charge in [0, 0.05) is 24.0 Å². The molecule has 2 aliphatic carbocycles. The monoisotopic (exact) mass is 322 g/mol. The van der Waals surface area contributed by atoms with Gasteiger partial charge in [0.1, 0.15) is 0 Å². The minimum Gasteiger partial charge on any atom is -0.481 e. The Labute approximate surface area is 139 Å². The predicted octanol–water partition coefficient (Wildman–Crippen LogP) is 2.73. The second-order valence-electron chi connectivity index (χ2n) is 6.67. The molecule has 0 radical (unpaired) electrons. The number of fused-ring (bicyclic) bond motifs is 1. The van der Waals surface area contributed by atoms with Crippen molar-refractivity contribution in [2.75, 3.05) is 0 Å². The lowest BCUT2D eigenvalue weighted by atomic mass is 9.97. The number of benzene rings is 1. The van der Waals surface area contributed by atoms with E-state index in [1.165, 1.54) is 0 Å². The molecule has 0 bridgehead atoms. The Bertz CT molecular complexity index is 805. The number of carboxylic acids is 1. The Balaban J connectivity index is 1.54. The SMILES string of the molecule is O=C(NC1CCC2CC21C(=O)O)c1cccc(-c2ccncc2)c1. The molecular weight excluding hydrogens is 304 g/mol. The van der Waals surface area contributed by atoms with Crippen molar-refractivity contribution in [1.82, 2.24) is 10.3 Å². The van der Waals surface area contributed by atoms with Crippen LogP contribution in [0.15, 0.2) is 48.8 Å². The highest BCUT2D eigenvalue weighted by molar-refractivity contribution is 5.96. The van der Waals surface area contributed by atoms with E-state index in [0.717, 1.165) is 24.0 Å². The molecule has 1 heterocycles. The van der Waals surface area contributed by atoms with Gasteiger partial charge in [0.05, 0.1) is 5.41 Å². The summed E-state index contributed by atoms with van der Waals surface area (Å²) in [5.74, 6) is -0.756. The highest BCUT2D eigenvalue weighted by Gasteiger charge is 2.68. The zero-order chi connectivity index (χ0) is 16.7. The predicted molar refractivity (Wildman–Crippen MR) is 88.3 cm³/mol. The van der Waals surface area contributed by atoms with Crippen LogP contribution >= 0.6 is 0 Å². The maximum atomic E-state index is 12.6. The molecule has 4 rings (SSSR count). The molecule has 0 aliphatic heterocycles. The molecule has 1 amide bonds. The molecule has 2 fully saturated rings. The van der Waals surface area contributed by atoms with Gasteiger partial charge in [-0.2, -0.15) is 0 Å². The summed E-state index contributed by atoms with van der Waals surface area (Å²) in [5, 5.41) is 12.5. The molecule has 1 aromatic heterocycles. The van der Waals surface area contributed by atoms with E-state index < -0.39 is 11.4 Å². The van der Waals surface area contributed by atoms with E-state index in [1.807, 2.05) is 30.3 Å². The first kappa shape index (κ1) is 14.9. The van der Waals surface area contributed by atoms with Crippen molar-refractivity contribution in [3.8, 4) is 11.1 Å². The number of pyridine rings is 1. The summed E-state index contributed by atoms with van der Waals surface area (Å²) in [4.78, 5) is 28.2. The highest BCUT2D eigenvalue weighted by Crippen LogP contribution is 2.63. The van der Waals surface area contributed by atoms with Crippen molar-refractivity contribution < 1.29 is 14.7 Å². The van der Waals surface area contributed by atoms with Gasteiger partial charge in [0.2, 0.25) is 0 Å². The molecule has 0 saturated heterocycles. The van der Waals surface area contributed by atoms with Crippen LogP contribution in [0.4, 0.5) is 0 Å². The zero-order valence-corrected chi connectivity index (χ0v) is 13.1. The number of nitrogens with one attached hydrogen (secondary N) is 1. The molecule has 2 N–H and O–H groups in total. The average Bonchev–Trinajstić information content (AvgIpc) is 3.26. The minimum absolute atomic E-state index is 0.205. The molecule has 2 saturated carbocycles. The summed E-state index contributed by atoms with van der Waals surface area (Å²) in [6.45, 7) is 0. The molecule has 0 spiro atoms. The molecule has 3 atom stereocenters. The molecule has 122 valence electrons. The van der Waals surface area contributed by atoms with Crippen LogP contribution in [-0.2, 0) is 4.79 Å². The topological polar surface area (TPSA) is 79.3 Å². The summed E-state index contributed by atoms with van der Waals surface area (Å²) >= 11 is 0. The number of hydrogen-bond acceptors (Lipinski definition) is 3. The van der Waals surface area contributed by atoms with Crippen molar-refractivity contribution in [2.45, 2.75) is 25.3 Å². The van der Waals surface area contributed by atoms with E-state index in [4.69, 9.17) is 0 Å². The Morgan fingerprint density at radius 2 is 1.92 bits per heavy atom. The molecule has 1 aromatic carbocycles. The van der Waals surface area contributed by atoms with E-state index >= 15 is 0 Å². The van der Waals surface area contributed by atoms with E-state index in [-0.39, 0.29) is 17.9 Å². The molecule has 24 heavy (non-hydrogen) atoms. The smallest absolute Gasteiger partial charge is 0.312 e. The third kappa shape index (κ3) is 2.28. The number of carboxylic acid groups (broad SMARTS) is 1. The molecular formula is C19H18N2O3. The van der Waals surface area contributed by atoms with Crippen molar-refractivity contribution in [3.63, 3.8) is 0 Å². The van der Waals surface area contributed by atoms with E-state index in [9.17, 15) is 14.7 Å². The van der Waals surface area contributed by atoms with Crippen molar-refractivity contribution in [3.05, 3.63) is 54.4 Å². The number of nitrogens with zero attached hydrogens (tertiary/aromatic N) is 1. The van der Waals surface area contributed by atoms with Crippen LogP contribution in [-0.4, -0.2) is 28.0 Å². The van der Waals surface area contributed by atoms with Crippen molar-refractivity contribution >= 4 is 11.9 Å². The summed E-state index contributed by atoms with van der Waals surface area (Å²) in [5.41, 5.74) is 1.76. The highest BCUT2D eigenvalue weighted by atomic mass is 16.4. The molecule has 5 nitrogen and oxygen atoms in total. The van der Waals surface area contributed by atoms with Crippen molar-refractivity contribution in [2.24, 2.45) is 11.3 Å². The van der Waals surface area contributed by atoms with Crippen LogP contribution in [0.5, 0.6) is 0 Å². The van der Waals surface area contributed by atoms with Gasteiger partial charge >= 0.3 is 5.97 Å². The second-order valence-corrected chi connectivity index (χ2v) is 6.67. The van der Waals surface area contributed by atoms with Gasteiger partial charge in [-0.05, 0) is 60.6 Å². The number of aliphatic carboxylic acids is 1. The number of hydrogen-bond donors (Lipinski definition) is 2. The molecule has 3 unspecified atom stereocenters. The lowest BCUT2D eigenvalue weighted by molar-refractivity contribution is -0.144. The van der Waals surface area contributed by atoms with Crippen LogP contribution < -0.4 is 5.32 Å². The lowest BCUT2D eigenvalue weighted by Crippen LogP contribution is -2.43. The quantitative estimate of drug-likeness (QED) is 0.907. The Kier molecular flexibility index (Phi) is 3.37. The van der Waals surface area contributed by atoms with Gasteiger partial charge in [-0.1, -0.05) is 12.1 Å². The van der Waals surface area contributed by atoms with Gasteiger partial charge in [-0.3, -0.25) is 14.6 Å². The third-order valence-electron chi connectivity index (χ3n) is 5.42. The number of rotatable bonds is 4. The lowest BCUT2D eigenvalue weighted by Gasteiger charge is -2.21. The largest absolute Gasteiger partial charge is 0.481 e. The average molecular weight is 322 g/mol. The van der Waals surface area contributed by atoms with Gasteiger partial charge in [0.15, 0.2) is 0 Å². The molecule has 5 heteroatoms. The number of amides is 1. The molecule has 2 aliphatic rings. The summed E-state index contributed by atoms with van der Waals surface area (Å²) in [7, 11) is 0. The van der Waals surface area contributed by atoms with Crippen LogP contribution in [0, 0.1) is 11.3 Å². The standard InChI is InChI=1S/C19H18N2O3/c22-17(21-16-5-4-15-11-19(15,16)18(23)24)14-3-1-2-13(10-14)12-6-8-20-9-7-12/h1-3,6-10,15-16H,4-5,11H2,(H,21,22)(H,23,24). The fourth-order valence-corrected chi connectivity index (χ4v) is 4.00. The van der Waals surface area contributed by atoms with Gasteiger partial charge in [-0.15, -0.1) is 0 Å². The Morgan fingerprint density at radius 3 is 2.62 bits per heavy atom. The summed E-state index contributed by atoms with van der Waals surface area (Å²) in [6, 6.07) is 10.9. The van der Waals surface area contributed by atoms with Gasteiger partial charge < -0.3 is 10.4 Å². The fourth-order valence-electron chi connectivity index (χ4n) is 4.00. The summed E-state index contributed by atoms with van der Waals surface area (Å²) in [6.07, 6.45) is 5.74. The first-order valence-corrected chi connectivity index (χ1v) is 8.16. The van der Waals surface area contributed by atoms with Crippen molar-refractivity contribution in [1.29, 1.82) is 0 Å². The fraction of sp³-hybridized carbons (Fsp3) is 0.316. The van der Waals surface area contributed by atoms with E-state index in [1.54, 1.807) is 18.5 Å². The number of aromatic nitrogens is 1. The van der Waals surface area contributed by atoms with Crippen LogP contribution in [0.2, 0.25) is 0 Å². The van der Waals surface area contributed by atoms with Gasteiger partial charge in [0.25, 0.3) is 5.91 Å². The maximum Gasteiger partial charge on any atom is 0.312 e. The summed E-state index contributed by atoms with van der Waals surface area (Å²) < 4.78 is 0. The van der Waals surface area contributed by atoms with Crippen LogP contribution in [0.1, 0.15) is 29.6 Å². The minimum atomic E-state index is -0.777. The molecule has 2 aromatic rings. The number of carbonyl (C=O) groups is 2. The van der Waals surface area contributed by atoms with E-state index in [2.05, 4.69) is 10.3 Å². The second kappa shape index (κ2) is 5.44. The first-order valence-electron chi connectivity index (χ1n) is 8.16. The van der Waals surface area contributed by atoms with E-state index in [0.29, 0.717) is 12.0 Å². The maximum absolute atomic E-state index is 12.6. The zero-order valence-electron chi connectivity index (χ0n) is 13.1. The van der Waals surface area contributed by atoms with Gasteiger partial charge in [-0.25, -0.2) is 0 Å². The van der Waals surface area contributed by atoms with Crippen LogP contribution in [0.3, 0.4) is 0 Å². The Hall–Kier alpha value is -2.69. The van der Waals surface area contributed by atoms with Crippen LogP contribution in [0.25, 0.3) is 11.1 Å². The number of carbonyl (C=O) groups excluding carboxylic acids is 1. The Morgan fingerprint density at radius 1 is 1.12 bits per heavy atom. The third-order valence-corrected chi connectivity index (χ3v) is 5.42. The first-order chi connectivity index (χ1) is 11.6.